The highest BCUT2D eigenvalue weighted by molar-refractivity contribution is 14.1. The number of nitrogens with one attached hydrogen (secondary N) is 1. The van der Waals surface area contributed by atoms with Crippen molar-refractivity contribution in [3.05, 3.63) is 45.1 Å². The third-order valence-corrected chi connectivity index (χ3v) is 4.22. The molecule has 3 N–H and O–H groups in total. The van der Waals surface area contributed by atoms with Crippen molar-refractivity contribution < 1.29 is 4.74 Å². The van der Waals surface area contributed by atoms with Crippen molar-refractivity contribution in [2.24, 2.45) is 5.84 Å². The van der Waals surface area contributed by atoms with Crippen LogP contribution in [0, 0.1) is 3.57 Å². The molecule has 3 aromatic rings. The van der Waals surface area contributed by atoms with Gasteiger partial charge in [-0.1, -0.05) is 0 Å². The first kappa shape index (κ1) is 13.5. The van der Waals surface area contributed by atoms with Gasteiger partial charge in [-0.2, -0.15) is 0 Å². The van der Waals surface area contributed by atoms with Crippen LogP contribution in [-0.2, 0) is 6.61 Å². The molecule has 0 atom stereocenters. The lowest BCUT2D eigenvalue weighted by molar-refractivity contribution is 0.296. The van der Waals surface area contributed by atoms with Gasteiger partial charge in [0.15, 0.2) is 11.6 Å². The van der Waals surface area contributed by atoms with Crippen molar-refractivity contribution in [3.8, 4) is 5.75 Å². The second kappa shape index (κ2) is 5.90. The highest BCUT2D eigenvalue weighted by Gasteiger charge is 2.08. The fraction of sp³-hybridized carbons (Fsp3) is 0.0769. The van der Waals surface area contributed by atoms with Crippen molar-refractivity contribution >= 4 is 50.0 Å². The van der Waals surface area contributed by atoms with Gasteiger partial charge >= 0.3 is 0 Å². The van der Waals surface area contributed by atoms with E-state index in [-0.39, 0.29) is 0 Å². The summed E-state index contributed by atoms with van der Waals surface area (Å²) in [5.74, 6) is 7.51. The van der Waals surface area contributed by atoms with Crippen LogP contribution in [0.5, 0.6) is 5.75 Å². The molecule has 0 saturated heterocycles. The van der Waals surface area contributed by atoms with E-state index < -0.39 is 0 Å². The maximum atomic E-state index is 5.68. The molecule has 0 fully saturated rings. The lowest BCUT2D eigenvalue weighted by Gasteiger charge is -2.07. The Kier molecular flexibility index (Phi) is 3.99. The third-order valence-electron chi connectivity index (χ3n) is 2.69. The van der Waals surface area contributed by atoms with Gasteiger partial charge in [0.2, 0.25) is 0 Å². The van der Waals surface area contributed by atoms with Gasteiger partial charge in [0.25, 0.3) is 0 Å². The molecule has 5 nitrogen and oxygen atoms in total. The lowest BCUT2D eigenvalue weighted by Crippen LogP contribution is -2.11. The molecule has 0 aliphatic heterocycles. The van der Waals surface area contributed by atoms with Crippen LogP contribution in [-0.4, -0.2) is 9.97 Å². The zero-order valence-electron chi connectivity index (χ0n) is 10.3. The monoisotopic (exact) mass is 398 g/mol. The Hall–Kier alpha value is -1.45. The Morgan fingerprint density at radius 3 is 2.75 bits per heavy atom. The standard InChI is InChI=1S/C13H11IN4OS/c14-8-1-3-9(4-2-8)19-7-11-16-12(18-15)10-5-6-20-13(10)17-11/h1-6H,7,15H2,(H,16,17,18). The van der Waals surface area contributed by atoms with Gasteiger partial charge < -0.3 is 10.2 Å². The van der Waals surface area contributed by atoms with Crippen LogP contribution in [0.15, 0.2) is 35.7 Å². The number of hydrogen-bond acceptors (Lipinski definition) is 6. The molecule has 0 bridgehead atoms. The lowest BCUT2D eigenvalue weighted by atomic mass is 10.3. The molecule has 0 aliphatic carbocycles. The summed E-state index contributed by atoms with van der Waals surface area (Å²) in [5, 5.41) is 2.89. The van der Waals surface area contributed by atoms with E-state index in [0.29, 0.717) is 18.2 Å². The predicted octanol–water partition coefficient (Wildman–Crippen LogP) is 3.16. The number of ether oxygens (including phenoxy) is 1. The third kappa shape index (κ3) is 2.84. The van der Waals surface area contributed by atoms with Crippen molar-refractivity contribution in [1.29, 1.82) is 0 Å². The van der Waals surface area contributed by atoms with Crippen LogP contribution in [0.2, 0.25) is 0 Å². The summed E-state index contributed by atoms with van der Waals surface area (Å²) < 4.78 is 6.85. The smallest absolute Gasteiger partial charge is 0.169 e. The first-order valence-electron chi connectivity index (χ1n) is 5.85. The quantitative estimate of drug-likeness (QED) is 0.401. The first-order valence-corrected chi connectivity index (χ1v) is 7.81. The Morgan fingerprint density at radius 2 is 2.00 bits per heavy atom. The summed E-state index contributed by atoms with van der Waals surface area (Å²) in [7, 11) is 0. The Labute approximate surface area is 133 Å². The molecule has 7 heteroatoms. The van der Waals surface area contributed by atoms with Crippen molar-refractivity contribution in [2.75, 3.05) is 5.43 Å². The van der Waals surface area contributed by atoms with Gasteiger partial charge in [0, 0.05) is 3.57 Å². The summed E-state index contributed by atoms with van der Waals surface area (Å²) in [6.07, 6.45) is 0. The normalized spacial score (nSPS) is 10.7. The van der Waals surface area contributed by atoms with Crippen molar-refractivity contribution in [2.45, 2.75) is 6.61 Å². The van der Waals surface area contributed by atoms with E-state index >= 15 is 0 Å². The highest BCUT2D eigenvalue weighted by Crippen LogP contribution is 2.24. The molecule has 3 rings (SSSR count). The van der Waals surface area contributed by atoms with E-state index in [1.54, 1.807) is 11.3 Å². The fourth-order valence-corrected chi connectivity index (χ4v) is 2.90. The maximum absolute atomic E-state index is 5.68. The van der Waals surface area contributed by atoms with E-state index in [1.807, 2.05) is 35.7 Å². The number of benzene rings is 1. The van der Waals surface area contributed by atoms with E-state index in [9.17, 15) is 0 Å². The van der Waals surface area contributed by atoms with E-state index in [2.05, 4.69) is 38.0 Å². The minimum Gasteiger partial charge on any atom is -0.486 e. The van der Waals surface area contributed by atoms with Gasteiger partial charge in [-0.25, -0.2) is 15.8 Å². The van der Waals surface area contributed by atoms with Crippen LogP contribution in [0.25, 0.3) is 10.2 Å². The molecule has 102 valence electrons. The second-order valence-corrected chi connectivity index (χ2v) is 6.16. The Bertz CT molecular complexity index is 729. The van der Waals surface area contributed by atoms with Crippen LogP contribution in [0.1, 0.15) is 5.82 Å². The minimum absolute atomic E-state index is 0.309. The van der Waals surface area contributed by atoms with Crippen LogP contribution in [0.3, 0.4) is 0 Å². The number of nitrogens with zero attached hydrogens (tertiary/aromatic N) is 2. The molecule has 2 heterocycles. The molecular weight excluding hydrogens is 387 g/mol. The molecule has 2 aromatic heterocycles. The first-order chi connectivity index (χ1) is 9.76. The molecule has 0 unspecified atom stereocenters. The average Bonchev–Trinajstić information content (AvgIpc) is 2.94. The van der Waals surface area contributed by atoms with Crippen molar-refractivity contribution in [1.82, 2.24) is 9.97 Å². The van der Waals surface area contributed by atoms with Gasteiger partial charge in [0.1, 0.15) is 17.2 Å². The summed E-state index contributed by atoms with van der Waals surface area (Å²) in [5.41, 5.74) is 2.60. The molecule has 0 radical (unpaired) electrons. The second-order valence-electron chi connectivity index (χ2n) is 4.01. The number of halogens is 1. The number of hydrazine groups is 1. The van der Waals surface area contributed by atoms with Crippen LogP contribution < -0.4 is 16.0 Å². The van der Waals surface area contributed by atoms with Gasteiger partial charge in [-0.05, 0) is 58.3 Å². The van der Waals surface area contributed by atoms with E-state index in [0.717, 1.165) is 16.0 Å². The van der Waals surface area contributed by atoms with Gasteiger partial charge in [0.05, 0.1) is 5.39 Å². The number of fused-ring (bicyclic) bond motifs is 1. The highest BCUT2D eigenvalue weighted by atomic mass is 127. The van der Waals surface area contributed by atoms with Gasteiger partial charge in [-0.15, -0.1) is 11.3 Å². The molecule has 20 heavy (non-hydrogen) atoms. The number of anilines is 1. The van der Waals surface area contributed by atoms with Crippen molar-refractivity contribution in [3.63, 3.8) is 0 Å². The number of hydrogen-bond donors (Lipinski definition) is 2. The molecular formula is C13H11IN4OS. The maximum Gasteiger partial charge on any atom is 0.169 e. The number of nitrogen functional groups attached to an aromatic ring is 1. The molecule has 0 spiro atoms. The molecule has 0 aliphatic rings. The summed E-state index contributed by atoms with van der Waals surface area (Å²) in [6.45, 7) is 0.309. The summed E-state index contributed by atoms with van der Waals surface area (Å²) >= 11 is 3.80. The zero-order valence-corrected chi connectivity index (χ0v) is 13.3. The number of aromatic nitrogens is 2. The van der Waals surface area contributed by atoms with E-state index in [1.165, 1.54) is 3.57 Å². The fourth-order valence-electron chi connectivity index (χ4n) is 1.75. The topological polar surface area (TPSA) is 73.1 Å². The van der Waals surface area contributed by atoms with Crippen LogP contribution >= 0.6 is 33.9 Å². The largest absolute Gasteiger partial charge is 0.486 e. The Morgan fingerprint density at radius 1 is 1.20 bits per heavy atom. The number of rotatable bonds is 4. The average molecular weight is 398 g/mol. The van der Waals surface area contributed by atoms with Gasteiger partial charge in [-0.3, -0.25) is 0 Å². The SMILES string of the molecule is NNc1nc(COc2ccc(I)cc2)nc2sccc12. The Balaban J connectivity index is 1.81. The zero-order chi connectivity index (χ0) is 13.9. The predicted molar refractivity (Wildman–Crippen MR) is 88.7 cm³/mol. The molecule has 0 amide bonds. The molecule has 0 saturated carbocycles. The number of nitrogens with two attached hydrogens (primary N) is 1. The number of thiophene rings is 1. The summed E-state index contributed by atoms with van der Waals surface area (Å²) in [6, 6.07) is 9.78. The summed E-state index contributed by atoms with van der Waals surface area (Å²) in [4.78, 5) is 9.72. The van der Waals surface area contributed by atoms with E-state index in [4.69, 9.17) is 10.6 Å². The van der Waals surface area contributed by atoms with Crippen LogP contribution in [0.4, 0.5) is 5.82 Å². The molecule has 1 aromatic carbocycles. The minimum atomic E-state index is 0.309.